The molecule has 82 valence electrons. The molecule has 0 radical (unpaired) electrons. The first-order valence-corrected chi connectivity index (χ1v) is 6.00. The maximum Gasteiger partial charge on any atom is 0.157 e. The summed E-state index contributed by atoms with van der Waals surface area (Å²) in [6.45, 7) is 7.30. The highest BCUT2D eigenvalue weighted by Crippen LogP contribution is 2.22. The van der Waals surface area contributed by atoms with Crippen molar-refractivity contribution in [1.82, 2.24) is 5.32 Å². The summed E-state index contributed by atoms with van der Waals surface area (Å²) in [5.74, 6) is 1.10. The SMILES string of the molecule is COCCC(C)N=C1NC(C)(C)CS1. The molecule has 0 aliphatic carbocycles. The van der Waals surface area contributed by atoms with Crippen LogP contribution in [0, 0.1) is 0 Å². The van der Waals surface area contributed by atoms with E-state index < -0.39 is 0 Å². The Labute approximate surface area is 90.7 Å². The Hall–Kier alpha value is -0.220. The number of aliphatic imine (C=N–C) groups is 1. The molecule has 1 saturated heterocycles. The summed E-state index contributed by atoms with van der Waals surface area (Å²) in [5.41, 5.74) is 0.199. The fourth-order valence-corrected chi connectivity index (χ4v) is 2.41. The van der Waals surface area contributed by atoms with E-state index in [2.05, 4.69) is 31.1 Å². The Kier molecular flexibility index (Phi) is 4.26. The molecule has 1 N–H and O–H groups in total. The fraction of sp³-hybridized carbons (Fsp3) is 0.900. The molecule has 1 aliphatic heterocycles. The number of amidine groups is 1. The van der Waals surface area contributed by atoms with E-state index in [1.807, 2.05) is 11.8 Å². The molecule has 3 nitrogen and oxygen atoms in total. The largest absolute Gasteiger partial charge is 0.385 e. The van der Waals surface area contributed by atoms with E-state index in [1.54, 1.807) is 7.11 Å². The highest BCUT2D eigenvalue weighted by atomic mass is 32.2. The molecule has 1 fully saturated rings. The molecule has 0 spiro atoms. The van der Waals surface area contributed by atoms with Gasteiger partial charge in [-0.25, -0.2) is 0 Å². The van der Waals surface area contributed by atoms with Gasteiger partial charge in [-0.2, -0.15) is 0 Å². The van der Waals surface area contributed by atoms with Crippen LogP contribution in [-0.4, -0.2) is 36.2 Å². The van der Waals surface area contributed by atoms with Gasteiger partial charge < -0.3 is 10.1 Å². The van der Waals surface area contributed by atoms with Gasteiger partial charge in [-0.15, -0.1) is 0 Å². The van der Waals surface area contributed by atoms with Crippen LogP contribution in [0.2, 0.25) is 0 Å². The van der Waals surface area contributed by atoms with Crippen molar-refractivity contribution in [3.05, 3.63) is 0 Å². The van der Waals surface area contributed by atoms with Gasteiger partial charge in [0.05, 0.1) is 6.04 Å². The lowest BCUT2D eigenvalue weighted by atomic mass is 10.1. The minimum Gasteiger partial charge on any atom is -0.385 e. The quantitative estimate of drug-likeness (QED) is 0.779. The Balaban J connectivity index is 2.37. The van der Waals surface area contributed by atoms with Crippen LogP contribution in [0.3, 0.4) is 0 Å². The standard InChI is InChI=1S/C10H20N2OS/c1-8(5-6-13-4)11-9-12-10(2,3)7-14-9/h8H,5-7H2,1-4H3,(H,11,12). The molecular weight excluding hydrogens is 196 g/mol. The van der Waals surface area contributed by atoms with Crippen LogP contribution < -0.4 is 5.32 Å². The van der Waals surface area contributed by atoms with E-state index in [1.165, 1.54) is 0 Å². The number of nitrogens with one attached hydrogen (secondary N) is 1. The Bertz CT molecular complexity index is 216. The highest BCUT2D eigenvalue weighted by Gasteiger charge is 2.27. The first-order chi connectivity index (χ1) is 6.53. The van der Waals surface area contributed by atoms with E-state index in [9.17, 15) is 0 Å². The molecule has 1 unspecified atom stereocenters. The van der Waals surface area contributed by atoms with Crippen LogP contribution in [0.4, 0.5) is 0 Å². The Morgan fingerprint density at radius 1 is 1.64 bits per heavy atom. The Morgan fingerprint density at radius 3 is 2.86 bits per heavy atom. The van der Waals surface area contributed by atoms with Crippen molar-refractivity contribution in [3.63, 3.8) is 0 Å². The second-order valence-electron chi connectivity index (χ2n) is 4.36. The van der Waals surface area contributed by atoms with Gasteiger partial charge in [0, 0.05) is 25.0 Å². The van der Waals surface area contributed by atoms with Gasteiger partial charge in [0.15, 0.2) is 5.17 Å². The number of methoxy groups -OCH3 is 1. The number of hydrogen-bond donors (Lipinski definition) is 1. The van der Waals surface area contributed by atoms with Crippen LogP contribution in [0.5, 0.6) is 0 Å². The van der Waals surface area contributed by atoms with Crippen LogP contribution in [-0.2, 0) is 4.74 Å². The molecule has 0 bridgehead atoms. The van der Waals surface area contributed by atoms with E-state index in [4.69, 9.17) is 4.74 Å². The summed E-state index contributed by atoms with van der Waals surface area (Å²) in [6, 6.07) is 0.346. The van der Waals surface area contributed by atoms with Crippen molar-refractivity contribution in [2.75, 3.05) is 19.5 Å². The zero-order chi connectivity index (χ0) is 10.6. The molecular formula is C10H20N2OS. The number of ether oxygens (including phenoxy) is 1. The van der Waals surface area contributed by atoms with E-state index in [0.717, 1.165) is 23.9 Å². The van der Waals surface area contributed by atoms with Crippen LogP contribution in [0.1, 0.15) is 27.2 Å². The van der Waals surface area contributed by atoms with Crippen LogP contribution >= 0.6 is 11.8 Å². The average Bonchev–Trinajstić information content (AvgIpc) is 2.42. The first-order valence-electron chi connectivity index (χ1n) is 5.01. The number of nitrogens with zero attached hydrogens (tertiary/aromatic N) is 1. The lowest BCUT2D eigenvalue weighted by Gasteiger charge is -2.16. The molecule has 14 heavy (non-hydrogen) atoms. The summed E-state index contributed by atoms with van der Waals surface area (Å²) >= 11 is 1.81. The highest BCUT2D eigenvalue weighted by molar-refractivity contribution is 8.14. The summed E-state index contributed by atoms with van der Waals surface area (Å²) in [7, 11) is 1.73. The van der Waals surface area contributed by atoms with E-state index in [0.29, 0.717) is 6.04 Å². The number of thioether (sulfide) groups is 1. The summed E-state index contributed by atoms with van der Waals surface area (Å²) in [4.78, 5) is 4.60. The monoisotopic (exact) mass is 216 g/mol. The number of rotatable bonds is 4. The lowest BCUT2D eigenvalue weighted by Crippen LogP contribution is -2.37. The summed E-state index contributed by atoms with van der Waals surface area (Å²) < 4.78 is 5.02. The summed E-state index contributed by atoms with van der Waals surface area (Å²) in [5, 5.41) is 4.49. The second kappa shape index (κ2) is 5.03. The zero-order valence-corrected chi connectivity index (χ0v) is 10.3. The van der Waals surface area contributed by atoms with E-state index in [-0.39, 0.29) is 5.54 Å². The predicted molar refractivity (Wildman–Crippen MR) is 63.1 cm³/mol. The summed E-state index contributed by atoms with van der Waals surface area (Å²) in [6.07, 6.45) is 0.989. The van der Waals surface area contributed by atoms with Crippen LogP contribution in [0.15, 0.2) is 4.99 Å². The predicted octanol–water partition coefficient (Wildman–Crippen LogP) is 1.88. The van der Waals surface area contributed by atoms with Gasteiger partial charge in [0.25, 0.3) is 0 Å². The molecule has 1 aliphatic rings. The van der Waals surface area contributed by atoms with Gasteiger partial charge >= 0.3 is 0 Å². The topological polar surface area (TPSA) is 33.6 Å². The molecule has 0 saturated carbocycles. The van der Waals surface area contributed by atoms with Crippen molar-refractivity contribution in [1.29, 1.82) is 0 Å². The van der Waals surface area contributed by atoms with Crippen molar-refractivity contribution < 1.29 is 4.74 Å². The third-order valence-corrected chi connectivity index (χ3v) is 3.44. The molecule has 0 aromatic rings. The van der Waals surface area contributed by atoms with Gasteiger partial charge in [-0.3, -0.25) is 4.99 Å². The first kappa shape index (κ1) is 11.9. The lowest BCUT2D eigenvalue weighted by molar-refractivity contribution is 0.190. The fourth-order valence-electron chi connectivity index (χ4n) is 1.23. The van der Waals surface area contributed by atoms with Gasteiger partial charge in [0.1, 0.15) is 0 Å². The molecule has 4 heteroatoms. The second-order valence-corrected chi connectivity index (χ2v) is 5.33. The van der Waals surface area contributed by atoms with Gasteiger partial charge in [0.2, 0.25) is 0 Å². The Morgan fingerprint density at radius 2 is 2.36 bits per heavy atom. The smallest absolute Gasteiger partial charge is 0.157 e. The van der Waals surface area contributed by atoms with Crippen molar-refractivity contribution in [2.24, 2.45) is 4.99 Å². The maximum atomic E-state index is 5.02. The third-order valence-electron chi connectivity index (χ3n) is 2.09. The van der Waals surface area contributed by atoms with Crippen molar-refractivity contribution >= 4 is 16.9 Å². The maximum absolute atomic E-state index is 5.02. The minimum atomic E-state index is 0.199. The van der Waals surface area contributed by atoms with Gasteiger partial charge in [-0.05, 0) is 27.2 Å². The molecule has 0 aromatic heterocycles. The molecule has 0 aromatic carbocycles. The van der Waals surface area contributed by atoms with E-state index >= 15 is 0 Å². The molecule has 1 heterocycles. The average molecular weight is 216 g/mol. The molecule has 1 rings (SSSR count). The van der Waals surface area contributed by atoms with Gasteiger partial charge in [-0.1, -0.05) is 11.8 Å². The zero-order valence-electron chi connectivity index (χ0n) is 9.46. The normalized spacial score (nSPS) is 25.0. The number of hydrogen-bond acceptors (Lipinski definition) is 3. The minimum absolute atomic E-state index is 0.199. The van der Waals surface area contributed by atoms with Crippen molar-refractivity contribution in [2.45, 2.75) is 38.8 Å². The van der Waals surface area contributed by atoms with Crippen molar-refractivity contribution in [3.8, 4) is 0 Å². The molecule has 0 amide bonds. The van der Waals surface area contributed by atoms with Crippen LogP contribution in [0.25, 0.3) is 0 Å². The molecule has 1 atom stereocenters. The third kappa shape index (κ3) is 3.88.